The molecule has 0 spiro atoms. The summed E-state index contributed by atoms with van der Waals surface area (Å²) in [4.78, 5) is 4.71. The smallest absolute Gasteiger partial charge is 0.229 e. The summed E-state index contributed by atoms with van der Waals surface area (Å²) in [5, 5.41) is 5.36. The molecule has 1 heterocycles. The van der Waals surface area contributed by atoms with Gasteiger partial charge in [0.2, 0.25) is 10.0 Å². The van der Waals surface area contributed by atoms with Crippen LogP contribution in [0, 0.1) is 0 Å². The van der Waals surface area contributed by atoms with E-state index in [0.29, 0.717) is 11.4 Å². The van der Waals surface area contributed by atoms with Crippen LogP contribution in [0.5, 0.6) is 0 Å². The molecule has 0 unspecified atom stereocenters. The molecular formula is C20H18ClN3O2S. The van der Waals surface area contributed by atoms with Gasteiger partial charge in [-0.3, -0.25) is 4.72 Å². The number of nitrogens with zero attached hydrogens (tertiary/aromatic N) is 1. The molecule has 7 heteroatoms. The predicted octanol–water partition coefficient (Wildman–Crippen LogP) is 4.92. The zero-order valence-corrected chi connectivity index (χ0v) is 16.1. The van der Waals surface area contributed by atoms with Gasteiger partial charge in [-0.1, -0.05) is 48.5 Å². The van der Waals surface area contributed by atoms with Crippen LogP contribution in [-0.2, 0) is 10.0 Å². The molecule has 4 aromatic rings. The fourth-order valence-corrected chi connectivity index (χ4v) is 3.57. The van der Waals surface area contributed by atoms with Gasteiger partial charge in [0.05, 0.1) is 34.4 Å². The lowest BCUT2D eigenvalue weighted by atomic mass is 10.1. The first kappa shape index (κ1) is 18.9. The van der Waals surface area contributed by atoms with Crippen LogP contribution in [0.3, 0.4) is 0 Å². The molecule has 0 amide bonds. The quantitative estimate of drug-likeness (QED) is 0.477. The lowest BCUT2D eigenvalue weighted by Gasteiger charge is -2.16. The second kappa shape index (κ2) is 7.42. The van der Waals surface area contributed by atoms with Gasteiger partial charge in [0.25, 0.3) is 0 Å². The number of pyridine rings is 1. The first-order chi connectivity index (χ1) is 12.5. The molecule has 27 heavy (non-hydrogen) atoms. The van der Waals surface area contributed by atoms with E-state index in [1.165, 1.54) is 0 Å². The number of nitrogens with one attached hydrogen (secondary N) is 2. The van der Waals surface area contributed by atoms with Gasteiger partial charge in [-0.05, 0) is 24.3 Å². The Morgan fingerprint density at radius 1 is 0.741 bits per heavy atom. The largest absolute Gasteiger partial charge is 0.353 e. The fourth-order valence-electron chi connectivity index (χ4n) is 2.99. The number of halogens is 1. The Morgan fingerprint density at radius 2 is 1.22 bits per heavy atom. The Hall–Kier alpha value is -2.83. The van der Waals surface area contributed by atoms with E-state index in [0.717, 1.165) is 33.7 Å². The van der Waals surface area contributed by atoms with E-state index in [2.05, 4.69) is 10.0 Å². The van der Waals surface area contributed by atoms with E-state index in [1.807, 2.05) is 60.7 Å². The van der Waals surface area contributed by atoms with Crippen molar-refractivity contribution in [2.75, 3.05) is 16.3 Å². The predicted molar refractivity (Wildman–Crippen MR) is 115 cm³/mol. The average Bonchev–Trinajstić information content (AvgIpc) is 2.62. The highest BCUT2D eigenvalue weighted by molar-refractivity contribution is 7.92. The van der Waals surface area contributed by atoms with Crippen LogP contribution < -0.4 is 10.0 Å². The van der Waals surface area contributed by atoms with Crippen LogP contribution in [0.1, 0.15) is 0 Å². The van der Waals surface area contributed by atoms with Gasteiger partial charge in [0.15, 0.2) is 0 Å². The molecule has 0 atom stereocenters. The van der Waals surface area contributed by atoms with E-state index in [-0.39, 0.29) is 12.4 Å². The van der Waals surface area contributed by atoms with Gasteiger partial charge in [-0.2, -0.15) is 0 Å². The maximum absolute atomic E-state index is 11.7. The van der Waals surface area contributed by atoms with E-state index >= 15 is 0 Å². The first-order valence-corrected chi connectivity index (χ1v) is 10.0. The molecule has 0 bridgehead atoms. The van der Waals surface area contributed by atoms with Gasteiger partial charge >= 0.3 is 0 Å². The van der Waals surface area contributed by atoms with E-state index < -0.39 is 10.0 Å². The number of anilines is 3. The average molecular weight is 400 g/mol. The van der Waals surface area contributed by atoms with Crippen molar-refractivity contribution in [2.45, 2.75) is 0 Å². The minimum Gasteiger partial charge on any atom is -0.353 e. The van der Waals surface area contributed by atoms with Crippen LogP contribution in [-0.4, -0.2) is 19.7 Å². The summed E-state index contributed by atoms with van der Waals surface area (Å²) in [6.45, 7) is 0. The minimum atomic E-state index is -3.38. The Balaban J connectivity index is 0.00000210. The lowest BCUT2D eigenvalue weighted by Crippen LogP contribution is -2.11. The summed E-state index contributed by atoms with van der Waals surface area (Å²) in [5.41, 5.74) is 3.83. The van der Waals surface area contributed by atoms with Crippen molar-refractivity contribution in [3.8, 4) is 0 Å². The van der Waals surface area contributed by atoms with Crippen molar-refractivity contribution in [1.82, 2.24) is 4.98 Å². The molecule has 5 nitrogen and oxygen atoms in total. The first-order valence-electron chi connectivity index (χ1n) is 8.12. The molecule has 3 aromatic carbocycles. The number of rotatable bonds is 4. The molecule has 138 valence electrons. The molecule has 4 rings (SSSR count). The maximum Gasteiger partial charge on any atom is 0.229 e. The molecule has 0 aliphatic carbocycles. The van der Waals surface area contributed by atoms with Crippen LogP contribution in [0.25, 0.3) is 21.8 Å². The second-order valence-electron chi connectivity index (χ2n) is 6.07. The lowest BCUT2D eigenvalue weighted by molar-refractivity contribution is 0.607. The third-order valence-electron chi connectivity index (χ3n) is 4.07. The fraction of sp³-hybridized carbons (Fsp3) is 0.0500. The Morgan fingerprint density at radius 3 is 1.78 bits per heavy atom. The van der Waals surface area contributed by atoms with E-state index in [1.54, 1.807) is 12.1 Å². The third-order valence-corrected chi connectivity index (χ3v) is 4.66. The molecule has 2 N–H and O–H groups in total. The highest BCUT2D eigenvalue weighted by Crippen LogP contribution is 2.35. The van der Waals surface area contributed by atoms with Crippen LogP contribution in [0.2, 0.25) is 0 Å². The number of fused-ring (bicyclic) bond motifs is 2. The SMILES string of the molecule is CS(=O)(=O)Nc1ccccc1Nc1c2ccccc2nc2ccccc12.Cl. The maximum atomic E-state index is 11.7. The van der Waals surface area contributed by atoms with Crippen molar-refractivity contribution in [2.24, 2.45) is 0 Å². The summed E-state index contributed by atoms with van der Waals surface area (Å²) < 4.78 is 25.9. The number of hydrogen-bond donors (Lipinski definition) is 2. The zero-order valence-electron chi connectivity index (χ0n) is 14.5. The minimum absolute atomic E-state index is 0. The van der Waals surface area contributed by atoms with Gasteiger partial charge in [-0.25, -0.2) is 13.4 Å². The van der Waals surface area contributed by atoms with Crippen LogP contribution in [0.4, 0.5) is 17.1 Å². The highest BCUT2D eigenvalue weighted by Gasteiger charge is 2.12. The van der Waals surface area contributed by atoms with E-state index in [4.69, 9.17) is 4.98 Å². The molecule has 0 fully saturated rings. The number of aromatic nitrogens is 1. The van der Waals surface area contributed by atoms with Crippen molar-refractivity contribution in [3.63, 3.8) is 0 Å². The summed E-state index contributed by atoms with van der Waals surface area (Å²) in [7, 11) is -3.38. The monoisotopic (exact) mass is 399 g/mol. The van der Waals surface area contributed by atoms with Crippen molar-refractivity contribution in [3.05, 3.63) is 72.8 Å². The molecule has 0 saturated heterocycles. The van der Waals surface area contributed by atoms with Gasteiger partial charge in [0.1, 0.15) is 0 Å². The standard InChI is InChI=1S/C20H17N3O2S.ClH/c1-26(24,25)23-19-13-7-6-12-18(19)22-20-14-8-2-4-10-16(14)21-17-11-5-3-9-15(17)20;/h2-13,23H,1H3,(H,21,22);1H. The third kappa shape index (κ3) is 3.97. The Labute approximate surface area is 163 Å². The van der Waals surface area contributed by atoms with Crippen molar-refractivity contribution < 1.29 is 8.42 Å². The molecule has 0 aliphatic rings. The molecular weight excluding hydrogens is 382 g/mol. The number of hydrogen-bond acceptors (Lipinski definition) is 4. The second-order valence-corrected chi connectivity index (χ2v) is 7.81. The van der Waals surface area contributed by atoms with Crippen LogP contribution >= 0.6 is 12.4 Å². The molecule has 0 saturated carbocycles. The number of para-hydroxylation sites is 4. The van der Waals surface area contributed by atoms with E-state index in [9.17, 15) is 8.42 Å². The molecule has 0 aliphatic heterocycles. The topological polar surface area (TPSA) is 71.1 Å². The summed E-state index contributed by atoms with van der Waals surface area (Å²) >= 11 is 0. The van der Waals surface area contributed by atoms with Crippen molar-refractivity contribution in [1.29, 1.82) is 0 Å². The van der Waals surface area contributed by atoms with Gasteiger partial charge in [-0.15, -0.1) is 12.4 Å². The summed E-state index contributed by atoms with van der Waals surface area (Å²) in [6, 6.07) is 23.0. The Bertz CT molecular complexity index is 1170. The summed E-state index contributed by atoms with van der Waals surface area (Å²) in [6.07, 6.45) is 1.14. The molecule has 0 radical (unpaired) electrons. The van der Waals surface area contributed by atoms with Gasteiger partial charge in [0, 0.05) is 10.8 Å². The molecule has 1 aromatic heterocycles. The highest BCUT2D eigenvalue weighted by atomic mass is 35.5. The normalized spacial score (nSPS) is 11.1. The van der Waals surface area contributed by atoms with Crippen LogP contribution in [0.15, 0.2) is 72.8 Å². The number of benzene rings is 3. The zero-order chi connectivity index (χ0) is 18.1. The summed E-state index contributed by atoms with van der Waals surface area (Å²) in [5.74, 6) is 0. The van der Waals surface area contributed by atoms with Gasteiger partial charge < -0.3 is 5.32 Å². The van der Waals surface area contributed by atoms with Crippen molar-refractivity contribution >= 4 is 61.3 Å². The number of sulfonamides is 1. The Kier molecular flexibility index (Phi) is 5.21.